The van der Waals surface area contributed by atoms with E-state index in [1.54, 1.807) is 12.1 Å². The van der Waals surface area contributed by atoms with E-state index in [1.807, 2.05) is 0 Å². The molecule has 0 radical (unpaired) electrons. The third-order valence-corrected chi connectivity index (χ3v) is 3.15. The lowest BCUT2D eigenvalue weighted by Gasteiger charge is -2.03. The second kappa shape index (κ2) is 7.90. The summed E-state index contributed by atoms with van der Waals surface area (Å²) >= 11 is 12.4. The number of nitrogens with one attached hydrogen (secondary N) is 1. The van der Waals surface area contributed by atoms with Gasteiger partial charge < -0.3 is 10.1 Å². The van der Waals surface area contributed by atoms with Crippen molar-refractivity contribution in [2.75, 3.05) is 25.6 Å². The highest BCUT2D eigenvalue weighted by molar-refractivity contribution is 7.17. The Labute approximate surface area is 109 Å². The van der Waals surface area contributed by atoms with Crippen LogP contribution in [0.15, 0.2) is 12.1 Å². The summed E-state index contributed by atoms with van der Waals surface area (Å²) in [5.74, 6) is 0.411. The van der Waals surface area contributed by atoms with Gasteiger partial charge in [0.15, 0.2) is 0 Å². The van der Waals surface area contributed by atoms with Gasteiger partial charge in [0.25, 0.3) is 5.91 Å². The molecule has 90 valence electrons. The van der Waals surface area contributed by atoms with Crippen LogP contribution in [-0.2, 0) is 4.74 Å². The summed E-state index contributed by atoms with van der Waals surface area (Å²) in [4.78, 5) is 12.2. The van der Waals surface area contributed by atoms with Crippen molar-refractivity contribution in [3.8, 4) is 0 Å². The standard InChI is InChI=1S/C10H13Cl2NO2S/c11-4-7-15-6-1-5-13-10(14)8-2-3-9(12)16-8/h2-3H,1,4-7H2,(H,13,14). The van der Waals surface area contributed by atoms with Gasteiger partial charge in [-0.3, -0.25) is 4.79 Å². The van der Waals surface area contributed by atoms with Gasteiger partial charge in [0.05, 0.1) is 15.8 Å². The van der Waals surface area contributed by atoms with Crippen molar-refractivity contribution >= 4 is 40.4 Å². The van der Waals surface area contributed by atoms with Crippen molar-refractivity contribution in [2.24, 2.45) is 0 Å². The molecule has 1 rings (SSSR count). The molecule has 0 bridgehead atoms. The number of hydrogen-bond acceptors (Lipinski definition) is 3. The summed E-state index contributed by atoms with van der Waals surface area (Å²) in [6.07, 6.45) is 0.780. The zero-order valence-electron chi connectivity index (χ0n) is 8.67. The molecular formula is C10H13Cl2NO2S. The van der Waals surface area contributed by atoms with E-state index in [9.17, 15) is 4.79 Å². The fraction of sp³-hybridized carbons (Fsp3) is 0.500. The van der Waals surface area contributed by atoms with Crippen LogP contribution in [0.5, 0.6) is 0 Å². The zero-order valence-corrected chi connectivity index (χ0v) is 11.0. The SMILES string of the molecule is O=C(NCCCOCCCl)c1ccc(Cl)s1. The molecule has 3 nitrogen and oxygen atoms in total. The minimum absolute atomic E-state index is 0.0887. The van der Waals surface area contributed by atoms with Crippen molar-refractivity contribution in [3.05, 3.63) is 21.3 Å². The highest BCUT2D eigenvalue weighted by Gasteiger charge is 2.07. The summed E-state index contributed by atoms with van der Waals surface area (Å²) in [7, 11) is 0. The Bertz CT molecular complexity index is 330. The first-order chi connectivity index (χ1) is 7.74. The average molecular weight is 282 g/mol. The zero-order chi connectivity index (χ0) is 11.8. The summed E-state index contributed by atoms with van der Waals surface area (Å²) < 4.78 is 5.79. The molecule has 0 aliphatic rings. The molecule has 1 aromatic rings. The van der Waals surface area contributed by atoms with Crippen LogP contribution in [0.2, 0.25) is 4.34 Å². The highest BCUT2D eigenvalue weighted by atomic mass is 35.5. The first kappa shape index (κ1) is 13.8. The van der Waals surface area contributed by atoms with Crippen molar-refractivity contribution in [2.45, 2.75) is 6.42 Å². The number of ether oxygens (including phenoxy) is 1. The molecule has 0 spiro atoms. The van der Waals surface area contributed by atoms with Gasteiger partial charge in [-0.1, -0.05) is 11.6 Å². The van der Waals surface area contributed by atoms with E-state index in [1.165, 1.54) is 11.3 Å². The van der Waals surface area contributed by atoms with Crippen LogP contribution in [0, 0.1) is 0 Å². The normalized spacial score (nSPS) is 10.4. The number of rotatable bonds is 7. The van der Waals surface area contributed by atoms with Crippen LogP contribution >= 0.6 is 34.5 Å². The van der Waals surface area contributed by atoms with Crippen molar-refractivity contribution in [1.29, 1.82) is 0 Å². The number of hydrogen-bond donors (Lipinski definition) is 1. The Hall–Kier alpha value is -0.290. The molecule has 1 aromatic heterocycles. The minimum atomic E-state index is -0.0887. The molecule has 0 saturated carbocycles. The van der Waals surface area contributed by atoms with Gasteiger partial charge in [0.1, 0.15) is 0 Å². The van der Waals surface area contributed by atoms with E-state index in [0.717, 1.165) is 6.42 Å². The molecule has 1 N–H and O–H groups in total. The largest absolute Gasteiger partial charge is 0.380 e. The summed E-state index contributed by atoms with van der Waals surface area (Å²) in [6.45, 7) is 1.75. The van der Waals surface area contributed by atoms with Crippen LogP contribution in [0.25, 0.3) is 0 Å². The van der Waals surface area contributed by atoms with E-state index >= 15 is 0 Å². The molecule has 0 unspecified atom stereocenters. The van der Waals surface area contributed by atoms with E-state index in [0.29, 0.717) is 34.9 Å². The third-order valence-electron chi connectivity index (χ3n) is 1.77. The van der Waals surface area contributed by atoms with Gasteiger partial charge in [0.2, 0.25) is 0 Å². The molecular weight excluding hydrogens is 269 g/mol. The maximum absolute atomic E-state index is 11.5. The lowest BCUT2D eigenvalue weighted by molar-refractivity contribution is 0.0948. The van der Waals surface area contributed by atoms with Crippen LogP contribution in [0.3, 0.4) is 0 Å². The second-order valence-electron chi connectivity index (χ2n) is 3.01. The van der Waals surface area contributed by atoms with E-state index in [2.05, 4.69) is 5.32 Å². The molecule has 0 aromatic carbocycles. The van der Waals surface area contributed by atoms with Crippen LogP contribution in [0.1, 0.15) is 16.1 Å². The smallest absolute Gasteiger partial charge is 0.261 e. The number of amides is 1. The van der Waals surface area contributed by atoms with Crippen LogP contribution in [0.4, 0.5) is 0 Å². The second-order valence-corrected chi connectivity index (χ2v) is 5.11. The number of carbonyl (C=O) groups is 1. The molecule has 1 heterocycles. The molecule has 1 amide bonds. The van der Waals surface area contributed by atoms with Gasteiger partial charge in [-0.15, -0.1) is 22.9 Å². The van der Waals surface area contributed by atoms with E-state index in [-0.39, 0.29) is 5.91 Å². The first-order valence-electron chi connectivity index (χ1n) is 4.91. The van der Waals surface area contributed by atoms with Gasteiger partial charge in [0, 0.05) is 19.0 Å². The summed E-state index contributed by atoms with van der Waals surface area (Å²) in [6, 6.07) is 3.43. The summed E-state index contributed by atoms with van der Waals surface area (Å²) in [5.41, 5.74) is 0. The maximum atomic E-state index is 11.5. The van der Waals surface area contributed by atoms with Crippen LogP contribution < -0.4 is 5.32 Å². The van der Waals surface area contributed by atoms with Gasteiger partial charge in [-0.2, -0.15) is 0 Å². The van der Waals surface area contributed by atoms with Crippen LogP contribution in [-0.4, -0.2) is 31.5 Å². The van der Waals surface area contributed by atoms with Crippen molar-refractivity contribution in [1.82, 2.24) is 5.32 Å². The highest BCUT2D eigenvalue weighted by Crippen LogP contribution is 2.20. The number of halogens is 2. The van der Waals surface area contributed by atoms with Crippen molar-refractivity contribution < 1.29 is 9.53 Å². The monoisotopic (exact) mass is 281 g/mol. The number of alkyl halides is 1. The predicted molar refractivity (Wildman–Crippen MR) is 67.8 cm³/mol. The number of carbonyl (C=O) groups excluding carboxylic acids is 1. The fourth-order valence-corrected chi connectivity index (χ4v) is 2.12. The average Bonchev–Trinajstić information content (AvgIpc) is 2.70. The Morgan fingerprint density at radius 3 is 2.88 bits per heavy atom. The molecule has 0 fully saturated rings. The molecule has 0 saturated heterocycles. The Kier molecular flexibility index (Phi) is 6.80. The van der Waals surface area contributed by atoms with Gasteiger partial charge in [-0.25, -0.2) is 0 Å². The van der Waals surface area contributed by atoms with Gasteiger partial charge in [-0.05, 0) is 18.6 Å². The van der Waals surface area contributed by atoms with E-state index in [4.69, 9.17) is 27.9 Å². The lowest BCUT2D eigenvalue weighted by Crippen LogP contribution is -2.24. The summed E-state index contributed by atoms with van der Waals surface area (Å²) in [5, 5.41) is 2.79. The molecule has 6 heteroatoms. The molecule has 0 aliphatic heterocycles. The lowest BCUT2D eigenvalue weighted by atomic mass is 10.4. The van der Waals surface area contributed by atoms with E-state index < -0.39 is 0 Å². The van der Waals surface area contributed by atoms with Gasteiger partial charge >= 0.3 is 0 Å². The first-order valence-corrected chi connectivity index (χ1v) is 6.64. The Balaban J connectivity index is 2.11. The quantitative estimate of drug-likeness (QED) is 0.617. The third kappa shape index (κ3) is 5.16. The topological polar surface area (TPSA) is 38.3 Å². The van der Waals surface area contributed by atoms with Crippen molar-refractivity contribution in [3.63, 3.8) is 0 Å². The maximum Gasteiger partial charge on any atom is 0.261 e. The number of thiophene rings is 1. The Morgan fingerprint density at radius 1 is 1.44 bits per heavy atom. The molecule has 16 heavy (non-hydrogen) atoms. The minimum Gasteiger partial charge on any atom is -0.380 e. The fourth-order valence-electron chi connectivity index (χ4n) is 1.06. The predicted octanol–water partition coefficient (Wildman–Crippen LogP) is 2.78. The Morgan fingerprint density at radius 2 is 2.25 bits per heavy atom. The molecule has 0 aliphatic carbocycles. The molecule has 0 atom stereocenters.